The van der Waals surface area contributed by atoms with Crippen LogP contribution in [0.25, 0.3) is 22.3 Å². The average Bonchev–Trinajstić information content (AvgIpc) is 3.32. The maximum absolute atomic E-state index is 13.4. The molecule has 146 valence electrons. The fourth-order valence-corrected chi connectivity index (χ4v) is 3.86. The van der Waals surface area contributed by atoms with Crippen molar-refractivity contribution in [3.63, 3.8) is 0 Å². The predicted octanol–water partition coefficient (Wildman–Crippen LogP) is 3.49. The number of aromatic nitrogens is 3. The second kappa shape index (κ2) is 7.02. The Morgan fingerprint density at radius 2 is 2.04 bits per heavy atom. The van der Waals surface area contributed by atoms with Crippen LogP contribution in [0.3, 0.4) is 0 Å². The molecule has 6 heteroatoms. The summed E-state index contributed by atoms with van der Waals surface area (Å²) in [5.74, 6) is 0.0325. The highest BCUT2D eigenvalue weighted by atomic mass is 16.2. The summed E-state index contributed by atoms with van der Waals surface area (Å²) in [6.45, 7) is 8.29. The summed E-state index contributed by atoms with van der Waals surface area (Å²) in [5, 5.41) is 5.31. The molecule has 0 saturated carbocycles. The fourth-order valence-electron chi connectivity index (χ4n) is 3.86. The first-order valence-electron chi connectivity index (χ1n) is 9.85. The standard InChI is InChI=1S/C22H27N5O/c1-15(2)27-20-18(12-24-27)17(11-19(25-20)16-7-5-4-6-8-16)21(28)26-10-9-22(3,13-23)14-26/h4-8,11-12,15H,9-10,13-14,23H2,1-3H3. The van der Waals surface area contributed by atoms with Gasteiger partial charge in [0.2, 0.25) is 0 Å². The minimum absolute atomic E-state index is 0.00776. The molecule has 1 amide bonds. The van der Waals surface area contributed by atoms with E-state index in [0.717, 1.165) is 35.3 Å². The molecule has 0 spiro atoms. The van der Waals surface area contributed by atoms with Crippen molar-refractivity contribution < 1.29 is 4.79 Å². The van der Waals surface area contributed by atoms with Crippen LogP contribution < -0.4 is 5.73 Å². The van der Waals surface area contributed by atoms with E-state index in [-0.39, 0.29) is 17.4 Å². The number of carbonyl (C=O) groups excluding carboxylic acids is 1. The van der Waals surface area contributed by atoms with Crippen molar-refractivity contribution in [2.24, 2.45) is 11.1 Å². The Kier molecular flexibility index (Phi) is 4.67. The molecule has 0 aliphatic carbocycles. The van der Waals surface area contributed by atoms with Gasteiger partial charge < -0.3 is 10.6 Å². The molecule has 1 saturated heterocycles. The Hall–Kier alpha value is -2.73. The zero-order valence-electron chi connectivity index (χ0n) is 16.7. The molecule has 3 aromatic rings. The Morgan fingerprint density at radius 1 is 1.29 bits per heavy atom. The number of carbonyl (C=O) groups is 1. The molecule has 4 rings (SSSR count). The average molecular weight is 377 g/mol. The van der Waals surface area contributed by atoms with Gasteiger partial charge in [-0.15, -0.1) is 0 Å². The molecule has 1 aliphatic rings. The summed E-state index contributed by atoms with van der Waals surface area (Å²) in [5.41, 5.74) is 9.12. The summed E-state index contributed by atoms with van der Waals surface area (Å²) < 4.78 is 1.88. The van der Waals surface area contributed by atoms with Gasteiger partial charge in [-0.2, -0.15) is 5.10 Å². The number of benzene rings is 1. The van der Waals surface area contributed by atoms with Crippen LogP contribution in [0.15, 0.2) is 42.6 Å². The molecule has 1 atom stereocenters. The summed E-state index contributed by atoms with van der Waals surface area (Å²) in [4.78, 5) is 20.2. The summed E-state index contributed by atoms with van der Waals surface area (Å²) in [6.07, 6.45) is 2.70. The lowest BCUT2D eigenvalue weighted by atomic mass is 9.90. The SMILES string of the molecule is CC(C)n1ncc2c(C(=O)N3CCC(C)(CN)C3)cc(-c3ccccc3)nc21. The lowest BCUT2D eigenvalue weighted by molar-refractivity contribution is 0.0779. The first-order valence-corrected chi connectivity index (χ1v) is 9.85. The van der Waals surface area contributed by atoms with Crippen molar-refractivity contribution in [1.82, 2.24) is 19.7 Å². The number of fused-ring (bicyclic) bond motifs is 1. The Bertz CT molecular complexity index is 1010. The maximum atomic E-state index is 13.4. The van der Waals surface area contributed by atoms with Crippen LogP contribution >= 0.6 is 0 Å². The molecule has 28 heavy (non-hydrogen) atoms. The molecule has 0 radical (unpaired) electrons. The first-order chi connectivity index (χ1) is 13.4. The Balaban J connectivity index is 1.84. The number of amides is 1. The van der Waals surface area contributed by atoms with Crippen LogP contribution in [0.4, 0.5) is 0 Å². The molecule has 2 aromatic heterocycles. The van der Waals surface area contributed by atoms with Crippen LogP contribution in [0, 0.1) is 5.41 Å². The number of hydrogen-bond acceptors (Lipinski definition) is 4. The van der Waals surface area contributed by atoms with E-state index in [1.54, 1.807) is 6.20 Å². The molecular weight excluding hydrogens is 350 g/mol. The zero-order valence-corrected chi connectivity index (χ0v) is 16.7. The van der Waals surface area contributed by atoms with Gasteiger partial charge in [-0.05, 0) is 38.3 Å². The van der Waals surface area contributed by atoms with Crippen molar-refractivity contribution in [3.8, 4) is 11.3 Å². The molecule has 6 nitrogen and oxygen atoms in total. The largest absolute Gasteiger partial charge is 0.338 e. The van der Waals surface area contributed by atoms with Crippen molar-refractivity contribution in [2.45, 2.75) is 33.2 Å². The summed E-state index contributed by atoms with van der Waals surface area (Å²) in [6, 6.07) is 12.0. The Morgan fingerprint density at radius 3 is 2.68 bits per heavy atom. The molecule has 1 aromatic carbocycles. The lowest BCUT2D eigenvalue weighted by Crippen LogP contribution is -2.34. The highest BCUT2D eigenvalue weighted by molar-refractivity contribution is 6.06. The number of pyridine rings is 1. The fraction of sp³-hybridized carbons (Fsp3) is 0.409. The van der Waals surface area contributed by atoms with Crippen molar-refractivity contribution in [2.75, 3.05) is 19.6 Å². The highest BCUT2D eigenvalue weighted by Crippen LogP contribution is 2.32. The van der Waals surface area contributed by atoms with Crippen LogP contribution in [0.2, 0.25) is 0 Å². The van der Waals surface area contributed by atoms with E-state index in [4.69, 9.17) is 10.7 Å². The van der Waals surface area contributed by atoms with E-state index >= 15 is 0 Å². The predicted molar refractivity (Wildman–Crippen MR) is 111 cm³/mol. The smallest absolute Gasteiger partial charge is 0.254 e. The molecule has 1 unspecified atom stereocenters. The topological polar surface area (TPSA) is 77.0 Å². The van der Waals surface area contributed by atoms with Gasteiger partial charge in [0, 0.05) is 24.7 Å². The molecule has 0 bridgehead atoms. The number of nitrogens with two attached hydrogens (primary N) is 1. The molecule has 1 fully saturated rings. The van der Waals surface area contributed by atoms with E-state index in [2.05, 4.69) is 25.9 Å². The van der Waals surface area contributed by atoms with Gasteiger partial charge in [0.1, 0.15) is 0 Å². The number of rotatable bonds is 4. The van der Waals surface area contributed by atoms with E-state index in [9.17, 15) is 4.79 Å². The zero-order chi connectivity index (χ0) is 19.9. The third-order valence-corrected chi connectivity index (χ3v) is 5.69. The van der Waals surface area contributed by atoms with Crippen molar-refractivity contribution >= 4 is 16.9 Å². The van der Waals surface area contributed by atoms with Crippen LogP contribution in [0.1, 0.15) is 43.6 Å². The molecule has 1 aliphatic heterocycles. The number of hydrogen-bond donors (Lipinski definition) is 1. The van der Waals surface area contributed by atoms with E-state index < -0.39 is 0 Å². The first kappa shape index (κ1) is 18.6. The third-order valence-electron chi connectivity index (χ3n) is 5.69. The quantitative estimate of drug-likeness (QED) is 0.755. The second-order valence-corrected chi connectivity index (χ2v) is 8.33. The third kappa shape index (κ3) is 3.18. The molecular formula is C22H27N5O. The van der Waals surface area contributed by atoms with Gasteiger partial charge >= 0.3 is 0 Å². The van der Waals surface area contributed by atoms with E-state index in [1.807, 2.05) is 46.0 Å². The van der Waals surface area contributed by atoms with Crippen molar-refractivity contribution in [1.29, 1.82) is 0 Å². The monoisotopic (exact) mass is 377 g/mol. The van der Waals surface area contributed by atoms with Crippen LogP contribution in [-0.2, 0) is 0 Å². The minimum atomic E-state index is -0.00776. The van der Waals surface area contributed by atoms with Gasteiger partial charge in [-0.3, -0.25) is 4.79 Å². The van der Waals surface area contributed by atoms with Gasteiger partial charge in [0.25, 0.3) is 5.91 Å². The molecule has 2 N–H and O–H groups in total. The minimum Gasteiger partial charge on any atom is -0.338 e. The summed E-state index contributed by atoms with van der Waals surface area (Å²) in [7, 11) is 0. The second-order valence-electron chi connectivity index (χ2n) is 8.33. The highest BCUT2D eigenvalue weighted by Gasteiger charge is 2.36. The van der Waals surface area contributed by atoms with Crippen LogP contribution in [0.5, 0.6) is 0 Å². The Labute approximate surface area is 165 Å². The number of likely N-dealkylation sites (tertiary alicyclic amines) is 1. The maximum Gasteiger partial charge on any atom is 0.254 e. The normalized spacial score (nSPS) is 19.7. The molecule has 3 heterocycles. The van der Waals surface area contributed by atoms with Gasteiger partial charge in [0.05, 0.1) is 22.8 Å². The summed E-state index contributed by atoms with van der Waals surface area (Å²) >= 11 is 0. The van der Waals surface area contributed by atoms with E-state index in [0.29, 0.717) is 18.7 Å². The van der Waals surface area contributed by atoms with Crippen LogP contribution in [-0.4, -0.2) is 45.2 Å². The lowest BCUT2D eigenvalue weighted by Gasteiger charge is -2.23. The van der Waals surface area contributed by atoms with Crippen molar-refractivity contribution in [3.05, 3.63) is 48.2 Å². The van der Waals surface area contributed by atoms with Gasteiger partial charge in [-0.25, -0.2) is 9.67 Å². The number of nitrogens with zero attached hydrogens (tertiary/aromatic N) is 4. The van der Waals surface area contributed by atoms with Gasteiger partial charge in [-0.1, -0.05) is 37.3 Å². The van der Waals surface area contributed by atoms with Gasteiger partial charge in [0.15, 0.2) is 5.65 Å². The van der Waals surface area contributed by atoms with E-state index in [1.165, 1.54) is 0 Å².